The summed E-state index contributed by atoms with van der Waals surface area (Å²) in [5.41, 5.74) is 9.21. The van der Waals surface area contributed by atoms with Gasteiger partial charge < -0.3 is 19.0 Å². The van der Waals surface area contributed by atoms with Gasteiger partial charge in [-0.3, -0.25) is 0 Å². The van der Waals surface area contributed by atoms with Crippen molar-refractivity contribution in [1.29, 1.82) is 0 Å². The van der Waals surface area contributed by atoms with Gasteiger partial charge in [-0.25, -0.2) is 0 Å². The Morgan fingerprint density at radius 2 is 1.65 bits per heavy atom. The molecule has 0 radical (unpaired) electrons. The average Bonchev–Trinajstić information content (AvgIpc) is 2.69. The highest BCUT2D eigenvalue weighted by Gasteiger charge is 2.48. The molecule has 1 saturated heterocycles. The van der Waals surface area contributed by atoms with Crippen molar-refractivity contribution in [3.63, 3.8) is 0 Å². The van der Waals surface area contributed by atoms with Gasteiger partial charge in [-0.1, -0.05) is 84.7 Å². The number of rotatable bonds is 14. The molecule has 0 aromatic carbocycles. The van der Waals surface area contributed by atoms with E-state index < -0.39 is 26.8 Å². The Hall–Kier alpha value is -0.633. The molecule has 5 atom stereocenters. The third-order valence-corrected chi connectivity index (χ3v) is 11.4. The van der Waals surface area contributed by atoms with Gasteiger partial charge in [-0.05, 0) is 30.1 Å². The SMILES string of the molecule is CCCCCCCCCCO[C@H]1[C@H](C)[C@@H](CO)O[C@@H](O[Si](C)(C)C(C)(C)C)[C@@H]1N=[N+]=[N-]. The van der Waals surface area contributed by atoms with E-state index in [4.69, 9.17) is 13.9 Å². The number of unbranched alkanes of at least 4 members (excludes halogenated alkanes) is 7. The van der Waals surface area contributed by atoms with Crippen LogP contribution in [0, 0.1) is 5.92 Å². The topological polar surface area (TPSA) is 96.7 Å². The predicted octanol–water partition coefficient (Wildman–Crippen LogP) is 6.57. The number of ether oxygens (including phenoxy) is 2. The van der Waals surface area contributed by atoms with Crippen molar-refractivity contribution >= 4 is 8.32 Å². The number of azide groups is 1. The molecule has 1 N–H and O–H groups in total. The molecule has 0 bridgehead atoms. The van der Waals surface area contributed by atoms with E-state index in [2.05, 4.69) is 50.8 Å². The van der Waals surface area contributed by atoms with Gasteiger partial charge in [-0.2, -0.15) is 0 Å². The van der Waals surface area contributed by atoms with Crippen LogP contribution in [-0.4, -0.2) is 51.2 Å². The Bertz CT molecular complexity index is 549. The number of hydrogen-bond acceptors (Lipinski definition) is 5. The van der Waals surface area contributed by atoms with Crippen molar-refractivity contribution in [2.24, 2.45) is 11.0 Å². The summed E-state index contributed by atoms with van der Waals surface area (Å²) >= 11 is 0. The summed E-state index contributed by atoms with van der Waals surface area (Å²) in [6.07, 6.45) is 8.46. The van der Waals surface area contributed by atoms with E-state index in [0.29, 0.717) is 6.61 Å². The van der Waals surface area contributed by atoms with E-state index in [1.807, 2.05) is 6.92 Å². The minimum absolute atomic E-state index is 0.0114. The molecular weight excluding hydrogens is 410 g/mol. The Kier molecular flexibility index (Phi) is 12.7. The quantitative estimate of drug-likeness (QED) is 0.105. The lowest BCUT2D eigenvalue weighted by atomic mass is 9.89. The minimum Gasteiger partial charge on any atom is -0.394 e. The molecule has 1 rings (SSSR count). The first-order valence-electron chi connectivity index (χ1n) is 12.2. The maximum Gasteiger partial charge on any atom is 0.195 e. The molecule has 1 heterocycles. The summed E-state index contributed by atoms with van der Waals surface area (Å²) < 4.78 is 18.8. The Morgan fingerprint density at radius 3 is 2.16 bits per heavy atom. The fourth-order valence-corrected chi connectivity index (χ4v) is 4.84. The zero-order valence-electron chi connectivity index (χ0n) is 21.0. The predicted molar refractivity (Wildman–Crippen MR) is 128 cm³/mol. The minimum atomic E-state index is -2.17. The molecule has 0 amide bonds. The average molecular weight is 458 g/mol. The van der Waals surface area contributed by atoms with Crippen molar-refractivity contribution < 1.29 is 19.0 Å². The standard InChI is InChI=1S/C23H47N3O4Si/c1-8-9-10-11-12-13-14-15-16-28-21-18(2)19(17-27)29-22(20(21)25-26-24)30-31(6,7)23(3,4)5/h18-22,27H,8-17H2,1-7H3/t18-,19-,20-,21+,22+/m1/s1. The van der Waals surface area contributed by atoms with Crippen LogP contribution in [0.15, 0.2) is 5.11 Å². The van der Waals surface area contributed by atoms with Gasteiger partial charge in [0.25, 0.3) is 0 Å². The van der Waals surface area contributed by atoms with Crippen LogP contribution < -0.4 is 0 Å². The molecule has 31 heavy (non-hydrogen) atoms. The van der Waals surface area contributed by atoms with Crippen LogP contribution in [0.3, 0.4) is 0 Å². The molecule has 0 unspecified atom stereocenters. The van der Waals surface area contributed by atoms with Gasteiger partial charge in [0.2, 0.25) is 0 Å². The molecule has 1 aliphatic heterocycles. The van der Waals surface area contributed by atoms with Crippen LogP contribution >= 0.6 is 0 Å². The molecule has 1 fully saturated rings. The van der Waals surface area contributed by atoms with Crippen molar-refractivity contribution in [3.8, 4) is 0 Å². The summed E-state index contributed by atoms with van der Waals surface area (Å²) in [5.74, 6) is -0.0891. The highest BCUT2D eigenvalue weighted by molar-refractivity contribution is 6.74. The van der Waals surface area contributed by atoms with Gasteiger partial charge in [0.05, 0.1) is 18.8 Å². The lowest BCUT2D eigenvalue weighted by Gasteiger charge is -2.47. The molecule has 0 aromatic rings. The van der Waals surface area contributed by atoms with E-state index in [0.717, 1.165) is 12.8 Å². The van der Waals surface area contributed by atoms with Gasteiger partial charge in [0.1, 0.15) is 6.04 Å². The smallest absolute Gasteiger partial charge is 0.195 e. The summed E-state index contributed by atoms with van der Waals surface area (Å²) in [6, 6.07) is -0.564. The molecule has 1 aliphatic rings. The fourth-order valence-electron chi connectivity index (χ4n) is 3.71. The van der Waals surface area contributed by atoms with Crippen LogP contribution in [0.2, 0.25) is 18.1 Å². The summed E-state index contributed by atoms with van der Waals surface area (Å²) in [5, 5.41) is 13.9. The van der Waals surface area contributed by atoms with E-state index >= 15 is 0 Å². The normalized spacial score (nSPS) is 27.2. The van der Waals surface area contributed by atoms with Crippen LogP contribution in [-0.2, 0) is 13.9 Å². The molecule has 7 nitrogen and oxygen atoms in total. The fraction of sp³-hybridized carbons (Fsp3) is 1.00. The number of aliphatic hydroxyl groups excluding tert-OH is 1. The highest BCUT2D eigenvalue weighted by Crippen LogP contribution is 2.40. The molecule has 0 saturated carbocycles. The van der Waals surface area contributed by atoms with Crippen LogP contribution in [0.25, 0.3) is 10.4 Å². The molecule has 8 heteroatoms. The zero-order valence-corrected chi connectivity index (χ0v) is 22.0. The molecule has 182 valence electrons. The number of hydrogen-bond donors (Lipinski definition) is 1. The lowest BCUT2D eigenvalue weighted by molar-refractivity contribution is -0.231. The Balaban J connectivity index is 2.72. The lowest BCUT2D eigenvalue weighted by Crippen LogP contribution is -2.59. The Morgan fingerprint density at radius 1 is 1.06 bits per heavy atom. The first-order valence-corrected chi connectivity index (χ1v) is 15.1. The summed E-state index contributed by atoms with van der Waals surface area (Å²) in [6.45, 7) is 15.5. The van der Waals surface area contributed by atoms with E-state index in [9.17, 15) is 10.6 Å². The Labute approximate surface area is 191 Å². The third-order valence-electron chi connectivity index (χ3n) is 6.92. The highest BCUT2D eigenvalue weighted by atomic mass is 28.4. The van der Waals surface area contributed by atoms with E-state index in [1.54, 1.807) is 0 Å². The van der Waals surface area contributed by atoms with E-state index in [-0.39, 0.29) is 23.7 Å². The number of aliphatic hydroxyl groups is 1. The van der Waals surface area contributed by atoms with Crippen molar-refractivity contribution in [2.75, 3.05) is 13.2 Å². The van der Waals surface area contributed by atoms with Crippen molar-refractivity contribution in [1.82, 2.24) is 0 Å². The van der Waals surface area contributed by atoms with Crippen LogP contribution in [0.1, 0.15) is 86.0 Å². The first-order chi connectivity index (χ1) is 14.6. The summed E-state index contributed by atoms with van der Waals surface area (Å²) in [4.78, 5) is 3.07. The van der Waals surface area contributed by atoms with E-state index in [1.165, 1.54) is 38.5 Å². The zero-order chi connectivity index (χ0) is 23.5. The largest absolute Gasteiger partial charge is 0.394 e. The third kappa shape index (κ3) is 9.02. The van der Waals surface area contributed by atoms with Crippen molar-refractivity contribution in [3.05, 3.63) is 10.4 Å². The summed E-state index contributed by atoms with van der Waals surface area (Å²) in [7, 11) is -2.17. The maximum absolute atomic E-state index is 9.87. The number of nitrogens with zero attached hydrogens (tertiary/aromatic N) is 3. The van der Waals surface area contributed by atoms with Gasteiger partial charge in [-0.15, -0.1) is 0 Å². The second kappa shape index (κ2) is 13.8. The molecule has 0 aromatic heterocycles. The first kappa shape index (κ1) is 28.4. The second-order valence-corrected chi connectivity index (χ2v) is 15.2. The maximum atomic E-state index is 9.87. The van der Waals surface area contributed by atoms with Crippen LogP contribution in [0.4, 0.5) is 0 Å². The second-order valence-electron chi connectivity index (χ2n) is 10.5. The van der Waals surface area contributed by atoms with Crippen molar-refractivity contribution in [2.45, 2.75) is 129 Å². The van der Waals surface area contributed by atoms with Gasteiger partial charge in [0.15, 0.2) is 14.6 Å². The van der Waals surface area contributed by atoms with Gasteiger partial charge >= 0.3 is 0 Å². The van der Waals surface area contributed by atoms with Gasteiger partial charge in [0, 0.05) is 17.4 Å². The molecule has 0 aliphatic carbocycles. The monoisotopic (exact) mass is 457 g/mol. The molecular formula is C23H47N3O4Si. The molecule has 0 spiro atoms. The van der Waals surface area contributed by atoms with Crippen LogP contribution in [0.5, 0.6) is 0 Å².